The summed E-state index contributed by atoms with van der Waals surface area (Å²) in [5.41, 5.74) is 6.04. The molecule has 3 aromatic heterocycles. The summed E-state index contributed by atoms with van der Waals surface area (Å²) in [6, 6.07) is 25.1. The minimum Gasteiger partial charge on any atom is -0.454 e. The highest BCUT2D eigenvalue weighted by Crippen LogP contribution is 2.35. The van der Waals surface area contributed by atoms with Crippen LogP contribution in [-0.2, 0) is 0 Å². The Hall–Kier alpha value is -3.11. The third kappa shape index (κ3) is 2.10. The molecule has 0 amide bonds. The van der Waals surface area contributed by atoms with Crippen molar-refractivity contribution in [2.45, 2.75) is 0 Å². The second-order valence-corrected chi connectivity index (χ2v) is 7.56. The van der Waals surface area contributed by atoms with Crippen LogP contribution in [-0.4, -0.2) is 9.55 Å². The summed E-state index contributed by atoms with van der Waals surface area (Å²) < 4.78 is 9.32. The summed E-state index contributed by atoms with van der Waals surface area (Å²) in [5.74, 6) is 0. The van der Waals surface area contributed by atoms with E-state index in [4.69, 9.17) is 4.42 Å². The number of aromatic nitrogens is 2. The number of hydrogen-bond acceptors (Lipinski definition) is 2. The van der Waals surface area contributed by atoms with E-state index in [9.17, 15) is 0 Å². The van der Waals surface area contributed by atoms with Crippen LogP contribution in [0.4, 0.5) is 0 Å². The van der Waals surface area contributed by atoms with Crippen molar-refractivity contribution in [3.05, 3.63) is 83.5 Å². The van der Waals surface area contributed by atoms with Crippen molar-refractivity contribution >= 4 is 59.8 Å². The molecular weight excluding hydrogens is 400 g/mol. The molecule has 128 valence electrons. The van der Waals surface area contributed by atoms with E-state index < -0.39 is 0 Å². The lowest BCUT2D eigenvalue weighted by molar-refractivity contribution is 0.668. The molecule has 0 aliphatic carbocycles. The molecule has 0 bridgehead atoms. The van der Waals surface area contributed by atoms with E-state index in [-0.39, 0.29) is 0 Å². The average molecular weight is 413 g/mol. The molecule has 3 nitrogen and oxygen atoms in total. The number of para-hydroxylation sites is 1. The number of halogens is 1. The predicted molar refractivity (Wildman–Crippen MR) is 114 cm³/mol. The summed E-state index contributed by atoms with van der Waals surface area (Å²) in [5, 5.41) is 3.51. The van der Waals surface area contributed by atoms with Crippen LogP contribution in [0.25, 0.3) is 49.6 Å². The molecule has 3 aromatic carbocycles. The predicted octanol–water partition coefficient (Wildman–Crippen LogP) is 6.84. The third-order valence-corrected chi connectivity index (χ3v) is 5.59. The first kappa shape index (κ1) is 15.0. The largest absolute Gasteiger partial charge is 0.454 e. The Morgan fingerprint density at radius 1 is 0.741 bits per heavy atom. The van der Waals surface area contributed by atoms with Gasteiger partial charge in [-0.3, -0.25) is 4.98 Å². The quantitative estimate of drug-likeness (QED) is 0.296. The molecule has 0 atom stereocenters. The van der Waals surface area contributed by atoms with E-state index in [2.05, 4.69) is 80.1 Å². The molecule has 4 heteroatoms. The van der Waals surface area contributed by atoms with Crippen LogP contribution in [0.2, 0.25) is 0 Å². The summed E-state index contributed by atoms with van der Waals surface area (Å²) in [4.78, 5) is 4.52. The number of nitrogens with zero attached hydrogens (tertiary/aromatic N) is 2. The van der Waals surface area contributed by atoms with E-state index in [0.717, 1.165) is 32.2 Å². The summed E-state index contributed by atoms with van der Waals surface area (Å²) in [7, 11) is 0. The molecular formula is C23H13BrN2O. The maximum atomic E-state index is 5.94. The van der Waals surface area contributed by atoms with E-state index in [1.165, 1.54) is 21.8 Å². The minimum atomic E-state index is 0.816. The Morgan fingerprint density at radius 3 is 2.59 bits per heavy atom. The highest BCUT2D eigenvalue weighted by atomic mass is 79.9. The topological polar surface area (TPSA) is 31.0 Å². The van der Waals surface area contributed by atoms with Crippen LogP contribution in [0.15, 0.2) is 87.9 Å². The van der Waals surface area contributed by atoms with Gasteiger partial charge < -0.3 is 8.98 Å². The molecule has 0 N–H and O–H groups in total. The Bertz CT molecular complexity index is 1490. The molecule has 0 spiro atoms. The van der Waals surface area contributed by atoms with Crippen molar-refractivity contribution in [1.82, 2.24) is 9.55 Å². The fraction of sp³-hybridized carbons (Fsp3) is 0. The van der Waals surface area contributed by atoms with Gasteiger partial charge in [0.25, 0.3) is 0 Å². The van der Waals surface area contributed by atoms with Gasteiger partial charge in [-0.1, -0.05) is 34.1 Å². The fourth-order valence-electron chi connectivity index (χ4n) is 3.95. The molecule has 0 saturated heterocycles. The smallest absolute Gasteiger partial charge is 0.153 e. The summed E-state index contributed by atoms with van der Waals surface area (Å²) in [6.07, 6.45) is 1.81. The Balaban J connectivity index is 1.75. The summed E-state index contributed by atoms with van der Waals surface area (Å²) >= 11 is 3.61. The Labute approximate surface area is 163 Å². The van der Waals surface area contributed by atoms with Crippen LogP contribution in [0, 0.1) is 0 Å². The van der Waals surface area contributed by atoms with Gasteiger partial charge in [-0.25, -0.2) is 0 Å². The molecule has 27 heavy (non-hydrogen) atoms. The molecule has 3 heterocycles. The number of furan rings is 1. The van der Waals surface area contributed by atoms with Gasteiger partial charge in [-0.15, -0.1) is 0 Å². The monoisotopic (exact) mass is 412 g/mol. The van der Waals surface area contributed by atoms with E-state index in [0.29, 0.717) is 0 Å². The fourth-order valence-corrected chi connectivity index (χ4v) is 4.31. The number of hydrogen-bond donors (Lipinski definition) is 0. The van der Waals surface area contributed by atoms with Crippen molar-refractivity contribution in [1.29, 1.82) is 0 Å². The first-order valence-electron chi connectivity index (χ1n) is 8.76. The zero-order valence-electron chi connectivity index (χ0n) is 14.2. The van der Waals surface area contributed by atoms with Gasteiger partial charge in [0.05, 0.1) is 11.0 Å². The molecule has 0 radical (unpaired) electrons. The first-order valence-corrected chi connectivity index (χ1v) is 9.55. The van der Waals surface area contributed by atoms with Crippen molar-refractivity contribution in [2.75, 3.05) is 0 Å². The molecule has 0 saturated carbocycles. The molecule has 6 aromatic rings. The summed E-state index contributed by atoms with van der Waals surface area (Å²) in [6.45, 7) is 0. The maximum Gasteiger partial charge on any atom is 0.153 e. The van der Waals surface area contributed by atoms with Crippen LogP contribution in [0.3, 0.4) is 0 Å². The van der Waals surface area contributed by atoms with E-state index in [1.54, 1.807) is 0 Å². The number of rotatable bonds is 1. The zero-order valence-corrected chi connectivity index (χ0v) is 15.8. The van der Waals surface area contributed by atoms with Gasteiger partial charge in [0.2, 0.25) is 0 Å². The van der Waals surface area contributed by atoms with Crippen molar-refractivity contribution in [3.8, 4) is 5.69 Å². The molecule has 0 aliphatic rings. The van der Waals surface area contributed by atoms with Gasteiger partial charge >= 0.3 is 0 Å². The lowest BCUT2D eigenvalue weighted by atomic mass is 10.2. The van der Waals surface area contributed by atoms with Crippen LogP contribution >= 0.6 is 15.9 Å². The van der Waals surface area contributed by atoms with Gasteiger partial charge in [0, 0.05) is 32.5 Å². The van der Waals surface area contributed by atoms with Gasteiger partial charge in [0.1, 0.15) is 11.1 Å². The highest BCUT2D eigenvalue weighted by Gasteiger charge is 2.14. The Morgan fingerprint density at radius 2 is 1.63 bits per heavy atom. The van der Waals surface area contributed by atoms with E-state index >= 15 is 0 Å². The van der Waals surface area contributed by atoms with Gasteiger partial charge in [-0.05, 0) is 54.6 Å². The third-order valence-electron chi connectivity index (χ3n) is 5.10. The molecule has 0 unspecified atom stereocenters. The lowest BCUT2D eigenvalue weighted by Crippen LogP contribution is -1.93. The number of pyridine rings is 1. The first-order chi connectivity index (χ1) is 13.3. The van der Waals surface area contributed by atoms with Crippen LogP contribution in [0.1, 0.15) is 0 Å². The molecule has 6 rings (SSSR count). The lowest BCUT2D eigenvalue weighted by Gasteiger charge is -2.08. The normalized spacial score (nSPS) is 11.9. The maximum absolute atomic E-state index is 5.94. The SMILES string of the molecule is Brc1ccc2c(c1)c1ccccc1n2-c1ccc2oc3cccnc3c2c1. The van der Waals surface area contributed by atoms with E-state index in [1.807, 2.05) is 24.4 Å². The van der Waals surface area contributed by atoms with Crippen LogP contribution < -0.4 is 0 Å². The highest BCUT2D eigenvalue weighted by molar-refractivity contribution is 9.10. The minimum absolute atomic E-state index is 0.816. The Kier molecular flexibility index (Phi) is 3.02. The second kappa shape index (κ2) is 5.44. The molecule has 0 aliphatic heterocycles. The van der Waals surface area contributed by atoms with Crippen molar-refractivity contribution in [3.63, 3.8) is 0 Å². The van der Waals surface area contributed by atoms with Crippen LogP contribution in [0.5, 0.6) is 0 Å². The average Bonchev–Trinajstić information content (AvgIpc) is 3.23. The number of fused-ring (bicyclic) bond motifs is 6. The molecule has 0 fully saturated rings. The second-order valence-electron chi connectivity index (χ2n) is 6.65. The van der Waals surface area contributed by atoms with Gasteiger partial charge in [-0.2, -0.15) is 0 Å². The van der Waals surface area contributed by atoms with Crippen molar-refractivity contribution in [2.24, 2.45) is 0 Å². The van der Waals surface area contributed by atoms with Gasteiger partial charge in [0.15, 0.2) is 5.58 Å². The van der Waals surface area contributed by atoms with Crippen molar-refractivity contribution < 1.29 is 4.42 Å². The number of benzene rings is 3. The zero-order chi connectivity index (χ0) is 18.0. The standard InChI is InChI=1S/C23H13BrN2O/c24-14-7-9-20-17(12-14)16-4-1-2-5-19(16)26(20)15-8-10-21-18(13-15)23-22(27-21)6-3-11-25-23/h1-13H.